The molecule has 14 heavy (non-hydrogen) atoms. The summed E-state index contributed by atoms with van der Waals surface area (Å²) in [6, 6.07) is 0. The summed E-state index contributed by atoms with van der Waals surface area (Å²) in [5, 5.41) is 0. The van der Waals surface area contributed by atoms with Crippen molar-refractivity contribution in [3.63, 3.8) is 0 Å². The average Bonchev–Trinajstić information content (AvgIpc) is 2.25. The predicted octanol–water partition coefficient (Wildman–Crippen LogP) is 4.21. The van der Waals surface area contributed by atoms with E-state index in [-0.39, 0.29) is 0 Å². The lowest BCUT2D eigenvalue weighted by atomic mass is 10.0. The van der Waals surface area contributed by atoms with Crippen molar-refractivity contribution in [2.24, 2.45) is 0 Å². The van der Waals surface area contributed by atoms with Crippen LogP contribution in [-0.2, 0) is 4.74 Å². The Hall–Kier alpha value is -0.720. The van der Waals surface area contributed by atoms with Gasteiger partial charge in [-0.05, 0) is 24.5 Å². The molecule has 0 aromatic carbocycles. The lowest BCUT2D eigenvalue weighted by Gasteiger charge is -2.09. The van der Waals surface area contributed by atoms with Gasteiger partial charge in [0, 0.05) is 0 Å². The van der Waals surface area contributed by atoms with Gasteiger partial charge in [0.1, 0.15) is 6.61 Å². The van der Waals surface area contributed by atoms with Crippen LogP contribution in [0.15, 0.2) is 24.0 Å². The number of ether oxygens (including phenoxy) is 1. The maximum Gasteiger partial charge on any atom is 0.109 e. The van der Waals surface area contributed by atoms with Gasteiger partial charge in [0.2, 0.25) is 0 Å². The van der Waals surface area contributed by atoms with E-state index in [1.807, 2.05) is 6.08 Å². The Morgan fingerprint density at radius 2 is 1.93 bits per heavy atom. The van der Waals surface area contributed by atoms with E-state index in [9.17, 15) is 0 Å². The fraction of sp³-hybridized carbons (Fsp3) is 0.692. The van der Waals surface area contributed by atoms with Crippen LogP contribution in [-0.4, -0.2) is 6.61 Å². The maximum atomic E-state index is 5.23. The van der Waals surface area contributed by atoms with Crippen LogP contribution in [0.3, 0.4) is 0 Å². The minimum absolute atomic E-state index is 0.811. The molecule has 1 aliphatic heterocycles. The largest absolute Gasteiger partial charge is 0.497 e. The van der Waals surface area contributed by atoms with Crippen molar-refractivity contribution in [3.8, 4) is 0 Å². The van der Waals surface area contributed by atoms with Crippen LogP contribution in [0.5, 0.6) is 0 Å². The van der Waals surface area contributed by atoms with Gasteiger partial charge in [0.05, 0.1) is 6.26 Å². The van der Waals surface area contributed by atoms with Crippen molar-refractivity contribution in [2.75, 3.05) is 6.61 Å². The highest BCUT2D eigenvalue weighted by atomic mass is 16.5. The molecule has 0 amide bonds. The molecule has 0 aliphatic carbocycles. The Morgan fingerprint density at radius 3 is 2.64 bits per heavy atom. The normalized spacial score (nSPS) is 15.1. The summed E-state index contributed by atoms with van der Waals surface area (Å²) in [6.07, 6.45) is 15.4. The first-order chi connectivity index (χ1) is 6.93. The van der Waals surface area contributed by atoms with Crippen molar-refractivity contribution in [2.45, 2.75) is 51.9 Å². The van der Waals surface area contributed by atoms with Crippen LogP contribution in [0, 0.1) is 0 Å². The highest BCUT2D eigenvalue weighted by Gasteiger charge is 1.99. The monoisotopic (exact) mass is 194 g/mol. The molecule has 0 unspecified atom stereocenters. The van der Waals surface area contributed by atoms with Gasteiger partial charge >= 0.3 is 0 Å². The van der Waals surface area contributed by atoms with Crippen LogP contribution >= 0.6 is 0 Å². The Labute approximate surface area is 87.8 Å². The molecule has 0 atom stereocenters. The zero-order valence-corrected chi connectivity index (χ0v) is 9.30. The Morgan fingerprint density at radius 1 is 1.14 bits per heavy atom. The third-order valence-electron chi connectivity index (χ3n) is 2.63. The fourth-order valence-electron chi connectivity index (χ4n) is 1.72. The lowest BCUT2D eigenvalue weighted by Crippen LogP contribution is -1.97. The molecule has 1 nitrogen and oxygen atoms in total. The third kappa shape index (κ3) is 5.11. The van der Waals surface area contributed by atoms with E-state index in [1.54, 1.807) is 6.26 Å². The highest BCUT2D eigenvalue weighted by Crippen LogP contribution is 2.14. The molecule has 1 rings (SSSR count). The molecule has 0 radical (unpaired) electrons. The summed E-state index contributed by atoms with van der Waals surface area (Å²) in [7, 11) is 0. The van der Waals surface area contributed by atoms with Crippen molar-refractivity contribution < 1.29 is 4.74 Å². The van der Waals surface area contributed by atoms with E-state index < -0.39 is 0 Å². The minimum Gasteiger partial charge on any atom is -0.497 e. The molecule has 0 saturated heterocycles. The van der Waals surface area contributed by atoms with Crippen LogP contribution in [0.4, 0.5) is 0 Å². The standard InChI is InChI=1S/C13H22O/c1-2-3-4-5-6-7-9-13-10-8-11-14-12-13/h8,10-11H,2-7,9,12H2,1H3. The van der Waals surface area contributed by atoms with E-state index in [0.29, 0.717) is 0 Å². The molecule has 0 bridgehead atoms. The first-order valence-electron chi connectivity index (χ1n) is 5.89. The van der Waals surface area contributed by atoms with Gasteiger partial charge in [-0.1, -0.05) is 45.1 Å². The number of allylic oxidation sites excluding steroid dienone is 2. The number of rotatable bonds is 7. The molecule has 1 aliphatic rings. The molecule has 0 spiro atoms. The van der Waals surface area contributed by atoms with Crippen molar-refractivity contribution in [1.29, 1.82) is 0 Å². The van der Waals surface area contributed by atoms with Gasteiger partial charge < -0.3 is 4.74 Å². The Bertz CT molecular complexity index is 191. The smallest absolute Gasteiger partial charge is 0.109 e. The van der Waals surface area contributed by atoms with Crippen LogP contribution in [0.1, 0.15) is 51.9 Å². The van der Waals surface area contributed by atoms with Crippen LogP contribution in [0.2, 0.25) is 0 Å². The topological polar surface area (TPSA) is 9.23 Å². The number of unbranched alkanes of at least 4 members (excludes halogenated alkanes) is 5. The summed E-state index contributed by atoms with van der Waals surface area (Å²) < 4.78 is 5.23. The minimum atomic E-state index is 0.811. The van der Waals surface area contributed by atoms with E-state index in [0.717, 1.165) is 6.61 Å². The first kappa shape index (κ1) is 11.4. The van der Waals surface area contributed by atoms with Gasteiger partial charge in [-0.2, -0.15) is 0 Å². The molecule has 1 heteroatoms. The third-order valence-corrected chi connectivity index (χ3v) is 2.63. The molecular formula is C13H22O. The molecule has 0 aromatic rings. The number of hydrogen-bond donors (Lipinski definition) is 0. The zero-order chi connectivity index (χ0) is 10.1. The average molecular weight is 194 g/mol. The fourth-order valence-corrected chi connectivity index (χ4v) is 1.72. The molecule has 0 fully saturated rings. The Balaban J connectivity index is 1.93. The van der Waals surface area contributed by atoms with Crippen molar-refractivity contribution in [1.82, 2.24) is 0 Å². The first-order valence-corrected chi connectivity index (χ1v) is 5.89. The van der Waals surface area contributed by atoms with Gasteiger partial charge in [-0.3, -0.25) is 0 Å². The summed E-state index contributed by atoms with van der Waals surface area (Å²) in [6.45, 7) is 3.07. The summed E-state index contributed by atoms with van der Waals surface area (Å²) >= 11 is 0. The summed E-state index contributed by atoms with van der Waals surface area (Å²) in [4.78, 5) is 0. The predicted molar refractivity (Wildman–Crippen MR) is 61.2 cm³/mol. The molecule has 0 aromatic heterocycles. The van der Waals surface area contributed by atoms with Crippen molar-refractivity contribution in [3.05, 3.63) is 24.0 Å². The lowest BCUT2D eigenvalue weighted by molar-refractivity contribution is 0.271. The quantitative estimate of drug-likeness (QED) is 0.552. The molecular weight excluding hydrogens is 172 g/mol. The van der Waals surface area contributed by atoms with Gasteiger partial charge in [-0.15, -0.1) is 0 Å². The SMILES string of the molecule is CCCCCCCCC1=CC=COC1. The van der Waals surface area contributed by atoms with Crippen molar-refractivity contribution >= 4 is 0 Å². The van der Waals surface area contributed by atoms with Gasteiger partial charge in [-0.25, -0.2) is 0 Å². The van der Waals surface area contributed by atoms with E-state index >= 15 is 0 Å². The molecule has 80 valence electrons. The number of hydrogen-bond acceptors (Lipinski definition) is 1. The summed E-state index contributed by atoms with van der Waals surface area (Å²) in [5.74, 6) is 0. The summed E-state index contributed by atoms with van der Waals surface area (Å²) in [5.41, 5.74) is 1.45. The van der Waals surface area contributed by atoms with E-state index in [2.05, 4.69) is 13.0 Å². The van der Waals surface area contributed by atoms with Gasteiger partial charge in [0.15, 0.2) is 0 Å². The van der Waals surface area contributed by atoms with Crippen LogP contribution < -0.4 is 0 Å². The molecule has 0 N–H and O–H groups in total. The molecule has 1 heterocycles. The van der Waals surface area contributed by atoms with Crippen LogP contribution in [0.25, 0.3) is 0 Å². The highest BCUT2D eigenvalue weighted by molar-refractivity contribution is 5.14. The van der Waals surface area contributed by atoms with Gasteiger partial charge in [0.25, 0.3) is 0 Å². The second-order valence-corrected chi connectivity index (χ2v) is 3.98. The maximum absolute atomic E-state index is 5.23. The second kappa shape index (κ2) is 7.66. The van der Waals surface area contributed by atoms with E-state index in [1.165, 1.54) is 50.5 Å². The second-order valence-electron chi connectivity index (χ2n) is 3.98. The molecule has 0 saturated carbocycles. The zero-order valence-electron chi connectivity index (χ0n) is 9.30. The van der Waals surface area contributed by atoms with E-state index in [4.69, 9.17) is 4.74 Å². The Kier molecular flexibility index (Phi) is 6.21.